The fourth-order valence-electron chi connectivity index (χ4n) is 2.89. The number of nitrogens with zero attached hydrogens (tertiary/aromatic N) is 1. The number of carbonyl (C=O) groups excluding carboxylic acids is 3. The lowest BCUT2D eigenvalue weighted by Crippen LogP contribution is -2.25. The van der Waals surface area contributed by atoms with Crippen molar-refractivity contribution in [2.75, 3.05) is 22.1 Å². The Morgan fingerprint density at radius 1 is 1.04 bits per heavy atom. The van der Waals surface area contributed by atoms with Gasteiger partial charge in [0.15, 0.2) is 0 Å². The molecule has 2 aromatic carbocycles. The van der Waals surface area contributed by atoms with Crippen LogP contribution in [0.25, 0.3) is 0 Å². The van der Waals surface area contributed by atoms with Crippen LogP contribution in [0.2, 0.25) is 0 Å². The second kappa shape index (κ2) is 6.64. The molecule has 3 rings (SSSR count). The first-order valence-corrected chi connectivity index (χ1v) is 7.83. The molecule has 2 aromatic rings. The van der Waals surface area contributed by atoms with Gasteiger partial charge in [0.25, 0.3) is 5.91 Å². The number of nitrogens with one attached hydrogen (secondary N) is 2. The van der Waals surface area contributed by atoms with Crippen molar-refractivity contribution >= 4 is 34.9 Å². The van der Waals surface area contributed by atoms with E-state index in [2.05, 4.69) is 10.6 Å². The highest BCUT2D eigenvalue weighted by atomic mass is 16.2. The average molecular weight is 338 g/mol. The molecule has 0 bridgehead atoms. The lowest BCUT2D eigenvalue weighted by Gasteiger charge is -2.15. The van der Waals surface area contributed by atoms with E-state index in [4.69, 9.17) is 5.73 Å². The van der Waals surface area contributed by atoms with Gasteiger partial charge in [-0.2, -0.15) is 0 Å². The molecule has 4 amide bonds. The Kier molecular flexibility index (Phi) is 4.38. The fourth-order valence-corrected chi connectivity index (χ4v) is 2.89. The second-order valence-corrected chi connectivity index (χ2v) is 5.79. The van der Waals surface area contributed by atoms with Crippen LogP contribution in [0.3, 0.4) is 0 Å². The van der Waals surface area contributed by atoms with Gasteiger partial charge in [0, 0.05) is 36.1 Å². The maximum atomic E-state index is 12.5. The van der Waals surface area contributed by atoms with Gasteiger partial charge in [0.05, 0.1) is 0 Å². The van der Waals surface area contributed by atoms with E-state index in [9.17, 15) is 14.4 Å². The first kappa shape index (κ1) is 16.5. The molecule has 0 atom stereocenters. The van der Waals surface area contributed by atoms with E-state index in [0.29, 0.717) is 23.5 Å². The van der Waals surface area contributed by atoms with Crippen LogP contribution < -0.4 is 21.3 Å². The second-order valence-electron chi connectivity index (χ2n) is 5.79. The van der Waals surface area contributed by atoms with Crippen LogP contribution in [0.5, 0.6) is 0 Å². The zero-order valence-electron chi connectivity index (χ0n) is 13.7. The number of urea groups is 1. The third-order valence-corrected chi connectivity index (χ3v) is 4.01. The summed E-state index contributed by atoms with van der Waals surface area (Å²) in [6.07, 6.45) is 0.730. The summed E-state index contributed by atoms with van der Waals surface area (Å²) in [4.78, 5) is 36.7. The number of benzene rings is 2. The van der Waals surface area contributed by atoms with Gasteiger partial charge in [-0.1, -0.05) is 6.07 Å². The van der Waals surface area contributed by atoms with Gasteiger partial charge >= 0.3 is 6.03 Å². The van der Waals surface area contributed by atoms with Gasteiger partial charge in [0.1, 0.15) is 0 Å². The number of primary amides is 1. The highest BCUT2D eigenvalue weighted by Crippen LogP contribution is 2.29. The number of hydrogen-bond donors (Lipinski definition) is 3. The molecule has 0 spiro atoms. The van der Waals surface area contributed by atoms with E-state index >= 15 is 0 Å². The van der Waals surface area contributed by atoms with Crippen LogP contribution in [0, 0.1) is 0 Å². The highest BCUT2D eigenvalue weighted by Gasteiger charge is 2.23. The largest absolute Gasteiger partial charge is 0.351 e. The Bertz CT molecular complexity index is 863. The Morgan fingerprint density at radius 2 is 1.76 bits per heavy atom. The van der Waals surface area contributed by atoms with Crippen molar-refractivity contribution in [3.05, 3.63) is 53.6 Å². The minimum absolute atomic E-state index is 0.00489. The van der Waals surface area contributed by atoms with E-state index in [1.807, 2.05) is 0 Å². The lowest BCUT2D eigenvalue weighted by atomic mass is 10.1. The Hall–Kier alpha value is -3.35. The van der Waals surface area contributed by atoms with Gasteiger partial charge in [-0.3, -0.25) is 9.59 Å². The topological polar surface area (TPSA) is 105 Å². The van der Waals surface area contributed by atoms with E-state index in [1.165, 1.54) is 6.92 Å². The van der Waals surface area contributed by atoms with Gasteiger partial charge in [-0.25, -0.2) is 4.79 Å². The number of rotatable bonds is 3. The number of nitrogens with two attached hydrogens (primary N) is 1. The molecule has 1 aliphatic heterocycles. The molecule has 25 heavy (non-hydrogen) atoms. The summed E-state index contributed by atoms with van der Waals surface area (Å²) in [5, 5.41) is 5.24. The smallest absolute Gasteiger partial charge is 0.316 e. The van der Waals surface area contributed by atoms with Crippen molar-refractivity contribution in [3.63, 3.8) is 0 Å². The molecule has 0 unspecified atom stereocenters. The minimum atomic E-state index is -0.669. The van der Waals surface area contributed by atoms with Crippen molar-refractivity contribution < 1.29 is 14.4 Å². The summed E-state index contributed by atoms with van der Waals surface area (Å²) in [6, 6.07) is 11.3. The molecule has 7 heteroatoms. The van der Waals surface area contributed by atoms with E-state index in [-0.39, 0.29) is 11.8 Å². The number of amides is 4. The standard InChI is InChI=1S/C18H18N4O3/c1-11(23)22-8-7-12-9-13(5-6-16(12)22)17(24)20-14-3-2-4-15(10-14)21-18(19)25/h2-6,9-10H,7-8H2,1H3,(H,20,24)(H3,19,21,25). The minimum Gasteiger partial charge on any atom is -0.351 e. The van der Waals surface area contributed by atoms with Crippen molar-refractivity contribution in [1.82, 2.24) is 0 Å². The predicted octanol–water partition coefficient (Wildman–Crippen LogP) is 2.34. The Labute approximate surface area is 144 Å². The van der Waals surface area contributed by atoms with Gasteiger partial charge in [-0.15, -0.1) is 0 Å². The quantitative estimate of drug-likeness (QED) is 0.800. The van der Waals surface area contributed by atoms with Crippen molar-refractivity contribution in [2.45, 2.75) is 13.3 Å². The summed E-state index contributed by atoms with van der Waals surface area (Å²) < 4.78 is 0. The number of hydrogen-bond acceptors (Lipinski definition) is 3. The van der Waals surface area contributed by atoms with Crippen molar-refractivity contribution in [3.8, 4) is 0 Å². The predicted molar refractivity (Wildman–Crippen MR) is 95.8 cm³/mol. The van der Waals surface area contributed by atoms with Crippen molar-refractivity contribution in [1.29, 1.82) is 0 Å². The summed E-state index contributed by atoms with van der Waals surface area (Å²) in [5.74, 6) is -0.269. The normalized spacial score (nSPS) is 12.4. The SMILES string of the molecule is CC(=O)N1CCc2cc(C(=O)Nc3cccc(NC(N)=O)c3)ccc21. The molecular weight excluding hydrogens is 320 g/mol. The van der Waals surface area contributed by atoms with Gasteiger partial charge < -0.3 is 21.3 Å². The van der Waals surface area contributed by atoms with Crippen LogP contribution in [0.4, 0.5) is 21.9 Å². The zero-order chi connectivity index (χ0) is 18.0. The zero-order valence-corrected chi connectivity index (χ0v) is 13.7. The molecule has 128 valence electrons. The molecular formula is C18H18N4O3. The highest BCUT2D eigenvalue weighted by molar-refractivity contribution is 6.05. The molecule has 0 radical (unpaired) electrons. The van der Waals surface area contributed by atoms with Gasteiger partial charge in [-0.05, 0) is 48.4 Å². The molecule has 0 saturated carbocycles. The van der Waals surface area contributed by atoms with Crippen LogP contribution in [-0.2, 0) is 11.2 Å². The lowest BCUT2D eigenvalue weighted by molar-refractivity contribution is -0.116. The molecule has 7 nitrogen and oxygen atoms in total. The monoisotopic (exact) mass is 338 g/mol. The third-order valence-electron chi connectivity index (χ3n) is 4.01. The number of fused-ring (bicyclic) bond motifs is 1. The average Bonchev–Trinajstić information content (AvgIpc) is 2.97. The number of anilines is 3. The Morgan fingerprint density at radius 3 is 2.44 bits per heavy atom. The first-order chi connectivity index (χ1) is 11.9. The summed E-state index contributed by atoms with van der Waals surface area (Å²) in [6.45, 7) is 2.17. The maximum absolute atomic E-state index is 12.5. The fraction of sp³-hybridized carbons (Fsp3) is 0.167. The maximum Gasteiger partial charge on any atom is 0.316 e. The summed E-state index contributed by atoms with van der Waals surface area (Å²) in [5.41, 5.74) is 8.47. The molecule has 0 saturated heterocycles. The first-order valence-electron chi connectivity index (χ1n) is 7.83. The van der Waals surface area contributed by atoms with Gasteiger partial charge in [0.2, 0.25) is 5.91 Å². The molecule has 0 fully saturated rings. The molecule has 4 N–H and O–H groups in total. The Balaban J connectivity index is 1.76. The van der Waals surface area contributed by atoms with E-state index < -0.39 is 6.03 Å². The summed E-state index contributed by atoms with van der Waals surface area (Å²) >= 11 is 0. The third kappa shape index (κ3) is 3.60. The van der Waals surface area contributed by atoms with Crippen LogP contribution in [0.1, 0.15) is 22.8 Å². The molecule has 0 aliphatic carbocycles. The van der Waals surface area contributed by atoms with Crippen LogP contribution >= 0.6 is 0 Å². The number of carbonyl (C=O) groups is 3. The van der Waals surface area contributed by atoms with Crippen molar-refractivity contribution in [2.24, 2.45) is 5.73 Å². The van der Waals surface area contributed by atoms with E-state index in [1.54, 1.807) is 47.4 Å². The molecule has 1 heterocycles. The summed E-state index contributed by atoms with van der Waals surface area (Å²) in [7, 11) is 0. The molecule has 0 aromatic heterocycles. The van der Waals surface area contributed by atoms with Crippen LogP contribution in [0.15, 0.2) is 42.5 Å². The molecule has 1 aliphatic rings. The van der Waals surface area contributed by atoms with E-state index in [0.717, 1.165) is 17.7 Å². The van der Waals surface area contributed by atoms with Crippen LogP contribution in [-0.4, -0.2) is 24.4 Å².